The molecule has 4 N–H and O–H groups in total. The summed E-state index contributed by atoms with van der Waals surface area (Å²) in [4.78, 5) is 8.26. The second-order valence-corrected chi connectivity index (χ2v) is 8.31. The number of aromatic amines is 1. The molecule has 28 heavy (non-hydrogen) atoms. The number of nitrogen functional groups attached to an aromatic ring is 1. The average molecular weight is 394 g/mol. The van der Waals surface area contributed by atoms with Gasteiger partial charge in [-0.05, 0) is 37.4 Å². The number of benzene rings is 1. The summed E-state index contributed by atoms with van der Waals surface area (Å²) in [6.45, 7) is 4.35. The number of dihydropyridines is 1. The highest BCUT2D eigenvalue weighted by molar-refractivity contribution is 7.18. The first-order chi connectivity index (χ1) is 13.7. The summed E-state index contributed by atoms with van der Waals surface area (Å²) in [5, 5.41) is 14.3. The number of H-pyrrole nitrogens is 1. The second kappa shape index (κ2) is 7.05. The Balaban J connectivity index is 1.44. The minimum atomic E-state index is 0.227. The SMILES string of the molecule is CN1CCN(C2C=CC=C(c3c[nH]c4ccc(-c5nnc(N)s5)cc34)N2)CC1. The highest BCUT2D eigenvalue weighted by Crippen LogP contribution is 2.31. The molecule has 7 nitrogen and oxygen atoms in total. The van der Waals surface area contributed by atoms with Gasteiger partial charge in [0.1, 0.15) is 5.01 Å². The average Bonchev–Trinajstić information content (AvgIpc) is 3.34. The first kappa shape index (κ1) is 17.4. The van der Waals surface area contributed by atoms with Gasteiger partial charge >= 0.3 is 0 Å². The van der Waals surface area contributed by atoms with Gasteiger partial charge in [-0.25, -0.2) is 0 Å². The van der Waals surface area contributed by atoms with Crippen molar-refractivity contribution >= 4 is 33.1 Å². The first-order valence-electron chi connectivity index (χ1n) is 9.46. The molecule has 1 aromatic carbocycles. The van der Waals surface area contributed by atoms with E-state index in [1.807, 2.05) is 0 Å². The van der Waals surface area contributed by atoms with Crippen LogP contribution in [0.5, 0.6) is 0 Å². The zero-order chi connectivity index (χ0) is 19.1. The number of aromatic nitrogens is 3. The molecule has 1 saturated heterocycles. The van der Waals surface area contributed by atoms with Crippen LogP contribution in [0.4, 0.5) is 5.13 Å². The van der Waals surface area contributed by atoms with E-state index in [1.54, 1.807) is 0 Å². The van der Waals surface area contributed by atoms with E-state index in [1.165, 1.54) is 11.3 Å². The molecule has 2 aliphatic heterocycles. The van der Waals surface area contributed by atoms with Crippen LogP contribution in [0, 0.1) is 0 Å². The van der Waals surface area contributed by atoms with Crippen LogP contribution >= 0.6 is 11.3 Å². The standard InChI is InChI=1S/C20H23N7S/c1-26-7-9-27(10-8-26)18-4-2-3-17(23-18)15-12-22-16-6-5-13(11-14(15)16)19-24-25-20(21)28-19/h2-6,11-12,18,22-23H,7-10H2,1H3,(H2,21,25). The van der Waals surface area contributed by atoms with Crippen LogP contribution in [-0.4, -0.2) is 64.4 Å². The predicted molar refractivity (Wildman–Crippen MR) is 115 cm³/mol. The summed E-state index contributed by atoms with van der Waals surface area (Å²) < 4.78 is 0. The summed E-state index contributed by atoms with van der Waals surface area (Å²) in [6.07, 6.45) is 8.83. The van der Waals surface area contributed by atoms with Crippen molar-refractivity contribution in [1.82, 2.24) is 30.3 Å². The Morgan fingerprint density at radius 3 is 2.82 bits per heavy atom. The molecule has 0 bridgehead atoms. The normalized spacial score (nSPS) is 21.0. The molecular formula is C20H23N7S. The smallest absolute Gasteiger partial charge is 0.203 e. The third-order valence-electron chi connectivity index (χ3n) is 5.45. The summed E-state index contributed by atoms with van der Waals surface area (Å²) in [5.74, 6) is 0. The van der Waals surface area contributed by atoms with Crippen LogP contribution in [0.2, 0.25) is 0 Å². The first-order valence-corrected chi connectivity index (χ1v) is 10.3. The van der Waals surface area contributed by atoms with Crippen molar-refractivity contribution in [3.05, 3.63) is 48.2 Å². The minimum absolute atomic E-state index is 0.227. The number of nitrogens with two attached hydrogens (primary N) is 1. The maximum absolute atomic E-state index is 5.75. The number of hydrogen-bond acceptors (Lipinski definition) is 7. The van der Waals surface area contributed by atoms with Gasteiger partial charge in [0.05, 0.1) is 6.17 Å². The lowest BCUT2D eigenvalue weighted by Gasteiger charge is -2.38. The molecule has 0 saturated carbocycles. The van der Waals surface area contributed by atoms with Crippen LogP contribution in [-0.2, 0) is 0 Å². The number of anilines is 1. The summed E-state index contributed by atoms with van der Waals surface area (Å²) in [7, 11) is 2.18. The van der Waals surface area contributed by atoms with Gasteiger partial charge in [-0.1, -0.05) is 17.4 Å². The molecule has 8 heteroatoms. The zero-order valence-electron chi connectivity index (χ0n) is 15.7. The molecule has 5 rings (SSSR count). The van der Waals surface area contributed by atoms with Gasteiger partial charge in [0.15, 0.2) is 0 Å². The quantitative estimate of drug-likeness (QED) is 0.633. The highest BCUT2D eigenvalue weighted by Gasteiger charge is 2.23. The molecule has 0 radical (unpaired) electrons. The number of nitrogens with one attached hydrogen (secondary N) is 2. The van der Waals surface area contributed by atoms with Gasteiger partial charge in [-0.2, -0.15) is 0 Å². The predicted octanol–water partition coefficient (Wildman–Crippen LogP) is 2.34. The highest BCUT2D eigenvalue weighted by atomic mass is 32.1. The Morgan fingerprint density at radius 2 is 2.04 bits per heavy atom. The molecule has 2 aromatic heterocycles. The fraction of sp³-hybridized carbons (Fsp3) is 0.300. The number of allylic oxidation sites excluding steroid dienone is 2. The third kappa shape index (κ3) is 3.19. The molecule has 0 aliphatic carbocycles. The molecule has 2 aliphatic rings. The molecule has 1 fully saturated rings. The van der Waals surface area contributed by atoms with Crippen molar-refractivity contribution in [1.29, 1.82) is 0 Å². The molecule has 0 spiro atoms. The van der Waals surface area contributed by atoms with E-state index >= 15 is 0 Å². The van der Waals surface area contributed by atoms with Gasteiger partial charge in [0.2, 0.25) is 5.13 Å². The fourth-order valence-electron chi connectivity index (χ4n) is 3.82. The molecule has 4 heterocycles. The largest absolute Gasteiger partial charge is 0.374 e. The maximum atomic E-state index is 5.75. The second-order valence-electron chi connectivity index (χ2n) is 7.30. The Kier molecular flexibility index (Phi) is 4.38. The van der Waals surface area contributed by atoms with Crippen molar-refractivity contribution in [3.8, 4) is 10.6 Å². The summed E-state index contributed by atoms with van der Waals surface area (Å²) >= 11 is 1.41. The Bertz CT molecular complexity index is 1060. The van der Waals surface area contributed by atoms with Crippen LogP contribution < -0.4 is 11.1 Å². The summed E-state index contributed by atoms with van der Waals surface area (Å²) in [5.41, 5.74) is 10.2. The molecule has 3 aromatic rings. The molecular weight excluding hydrogens is 370 g/mol. The minimum Gasteiger partial charge on any atom is -0.374 e. The van der Waals surface area contributed by atoms with Gasteiger partial charge in [-0.15, -0.1) is 10.2 Å². The number of likely N-dealkylation sites (N-methyl/N-ethyl adjacent to an activating group) is 1. The van der Waals surface area contributed by atoms with E-state index in [-0.39, 0.29) is 6.17 Å². The number of hydrogen-bond donors (Lipinski definition) is 3. The fourth-order valence-corrected chi connectivity index (χ4v) is 4.43. The van der Waals surface area contributed by atoms with Gasteiger partial charge in [0, 0.05) is 60.1 Å². The lowest BCUT2D eigenvalue weighted by atomic mass is 10.1. The van der Waals surface area contributed by atoms with Gasteiger partial charge in [-0.3, -0.25) is 4.90 Å². The topological polar surface area (TPSA) is 86.1 Å². The Hall–Kier alpha value is -2.68. The lowest BCUT2D eigenvalue weighted by Crippen LogP contribution is -2.53. The van der Waals surface area contributed by atoms with Crippen molar-refractivity contribution in [2.45, 2.75) is 6.17 Å². The van der Waals surface area contributed by atoms with E-state index in [2.05, 4.69) is 80.0 Å². The van der Waals surface area contributed by atoms with Crippen molar-refractivity contribution in [2.75, 3.05) is 39.0 Å². The number of fused-ring (bicyclic) bond motifs is 1. The van der Waals surface area contributed by atoms with E-state index in [4.69, 9.17) is 5.73 Å². The van der Waals surface area contributed by atoms with Crippen molar-refractivity contribution in [2.24, 2.45) is 0 Å². The monoisotopic (exact) mass is 393 g/mol. The molecule has 144 valence electrons. The molecule has 0 amide bonds. The molecule has 1 atom stereocenters. The lowest BCUT2D eigenvalue weighted by molar-refractivity contribution is 0.122. The maximum Gasteiger partial charge on any atom is 0.203 e. The van der Waals surface area contributed by atoms with E-state index in [0.717, 1.165) is 58.9 Å². The van der Waals surface area contributed by atoms with Crippen molar-refractivity contribution < 1.29 is 0 Å². The van der Waals surface area contributed by atoms with Crippen LogP contribution in [0.15, 0.2) is 42.6 Å². The summed E-state index contributed by atoms with van der Waals surface area (Å²) in [6, 6.07) is 6.30. The Morgan fingerprint density at radius 1 is 1.18 bits per heavy atom. The van der Waals surface area contributed by atoms with E-state index < -0.39 is 0 Å². The molecule has 1 unspecified atom stereocenters. The van der Waals surface area contributed by atoms with E-state index in [0.29, 0.717) is 5.13 Å². The van der Waals surface area contributed by atoms with Gasteiger partial charge in [0.25, 0.3) is 0 Å². The van der Waals surface area contributed by atoms with Crippen molar-refractivity contribution in [3.63, 3.8) is 0 Å². The van der Waals surface area contributed by atoms with Crippen LogP contribution in [0.1, 0.15) is 5.56 Å². The zero-order valence-corrected chi connectivity index (χ0v) is 16.5. The number of piperazine rings is 1. The van der Waals surface area contributed by atoms with Crippen LogP contribution in [0.25, 0.3) is 27.2 Å². The number of rotatable bonds is 3. The number of nitrogens with zero attached hydrogens (tertiary/aromatic N) is 4. The van der Waals surface area contributed by atoms with E-state index in [9.17, 15) is 0 Å². The Labute approximate surface area is 167 Å². The third-order valence-corrected chi connectivity index (χ3v) is 6.25. The van der Waals surface area contributed by atoms with Gasteiger partial charge < -0.3 is 20.9 Å². The van der Waals surface area contributed by atoms with Crippen LogP contribution in [0.3, 0.4) is 0 Å².